The van der Waals surface area contributed by atoms with Crippen LogP contribution in [0.4, 0.5) is 13.2 Å². The molecular weight excluding hydrogens is 512 g/mol. The standard InChI is InChI=1S/C15H25F3N6O2S.HI/c1-19-14(20-6-3-13-10-22-23(2)11-13)21-9-12-4-7-24(8-5-12)27(25,26)15(16,17)18;/h10-12H,3-9H2,1-2H3,(H2,19,20,21);1H. The molecule has 1 aliphatic rings. The van der Waals surface area contributed by atoms with Crippen LogP contribution >= 0.6 is 24.0 Å². The third-order valence-corrected chi connectivity index (χ3v) is 6.08. The van der Waals surface area contributed by atoms with E-state index in [0.29, 0.717) is 36.2 Å². The molecule has 0 bridgehead atoms. The molecule has 1 aromatic heterocycles. The first-order valence-corrected chi connectivity index (χ1v) is 10.1. The van der Waals surface area contributed by atoms with Gasteiger partial charge in [0.15, 0.2) is 5.96 Å². The van der Waals surface area contributed by atoms with Gasteiger partial charge in [-0.05, 0) is 30.7 Å². The minimum absolute atomic E-state index is 0. The number of piperidine rings is 1. The van der Waals surface area contributed by atoms with Crippen LogP contribution in [0.15, 0.2) is 17.4 Å². The molecule has 1 saturated heterocycles. The maximum absolute atomic E-state index is 12.6. The number of nitrogens with zero attached hydrogens (tertiary/aromatic N) is 4. The van der Waals surface area contributed by atoms with Gasteiger partial charge in [-0.3, -0.25) is 9.67 Å². The van der Waals surface area contributed by atoms with Crippen LogP contribution in [-0.4, -0.2) is 67.2 Å². The van der Waals surface area contributed by atoms with Crippen LogP contribution in [0.2, 0.25) is 0 Å². The van der Waals surface area contributed by atoms with Crippen molar-refractivity contribution < 1.29 is 21.6 Å². The third kappa shape index (κ3) is 6.76. The molecule has 28 heavy (non-hydrogen) atoms. The lowest BCUT2D eigenvalue weighted by Gasteiger charge is -2.31. The number of aromatic nitrogens is 2. The zero-order valence-corrected chi connectivity index (χ0v) is 18.9. The highest BCUT2D eigenvalue weighted by atomic mass is 127. The SMILES string of the molecule is CN=C(NCCc1cnn(C)c1)NCC1CCN(S(=O)(=O)C(F)(F)F)CC1.I. The van der Waals surface area contributed by atoms with Gasteiger partial charge < -0.3 is 10.6 Å². The molecule has 0 amide bonds. The van der Waals surface area contributed by atoms with Crippen LogP contribution in [0.25, 0.3) is 0 Å². The van der Waals surface area contributed by atoms with Gasteiger partial charge in [0.25, 0.3) is 0 Å². The van der Waals surface area contributed by atoms with Gasteiger partial charge in [-0.1, -0.05) is 0 Å². The zero-order valence-electron chi connectivity index (χ0n) is 15.7. The van der Waals surface area contributed by atoms with Crippen LogP contribution in [0.3, 0.4) is 0 Å². The number of rotatable bonds is 6. The summed E-state index contributed by atoms with van der Waals surface area (Å²) in [6.45, 7) is 0.933. The molecule has 1 aromatic rings. The summed E-state index contributed by atoms with van der Waals surface area (Å²) in [7, 11) is -1.74. The van der Waals surface area contributed by atoms with E-state index in [1.807, 2.05) is 13.2 Å². The molecule has 0 radical (unpaired) electrons. The lowest BCUT2D eigenvalue weighted by Crippen LogP contribution is -2.47. The number of alkyl halides is 3. The van der Waals surface area contributed by atoms with E-state index in [-0.39, 0.29) is 43.0 Å². The van der Waals surface area contributed by atoms with Gasteiger partial charge >= 0.3 is 15.5 Å². The molecule has 2 rings (SSSR count). The Labute approximate surface area is 180 Å². The van der Waals surface area contributed by atoms with Crippen molar-refractivity contribution >= 4 is 40.0 Å². The van der Waals surface area contributed by atoms with Crippen molar-refractivity contribution in [1.82, 2.24) is 24.7 Å². The number of nitrogens with one attached hydrogen (secondary N) is 2. The number of aliphatic imine (C=N–C) groups is 1. The van der Waals surface area contributed by atoms with Gasteiger partial charge in [-0.2, -0.15) is 22.6 Å². The van der Waals surface area contributed by atoms with E-state index in [4.69, 9.17) is 0 Å². The minimum Gasteiger partial charge on any atom is -0.356 e. The van der Waals surface area contributed by atoms with E-state index in [1.165, 1.54) is 0 Å². The Morgan fingerprint density at radius 1 is 1.32 bits per heavy atom. The third-order valence-electron chi connectivity index (χ3n) is 4.45. The van der Waals surface area contributed by atoms with Crippen molar-refractivity contribution in [2.45, 2.75) is 24.8 Å². The highest BCUT2D eigenvalue weighted by molar-refractivity contribution is 14.0. The molecule has 1 aliphatic heterocycles. The molecule has 0 spiro atoms. The summed E-state index contributed by atoms with van der Waals surface area (Å²) in [5.74, 6) is 0.686. The minimum atomic E-state index is -5.24. The van der Waals surface area contributed by atoms with Crippen molar-refractivity contribution in [3.8, 4) is 0 Å². The summed E-state index contributed by atoms with van der Waals surface area (Å²) in [5, 5.41) is 10.4. The first-order valence-electron chi connectivity index (χ1n) is 8.62. The van der Waals surface area contributed by atoms with E-state index in [0.717, 1.165) is 12.0 Å². The van der Waals surface area contributed by atoms with Crippen LogP contribution < -0.4 is 10.6 Å². The van der Waals surface area contributed by atoms with Crippen molar-refractivity contribution in [2.24, 2.45) is 18.0 Å². The summed E-state index contributed by atoms with van der Waals surface area (Å²) < 4.78 is 62.8. The second-order valence-electron chi connectivity index (χ2n) is 6.45. The normalized spacial score (nSPS) is 17.2. The van der Waals surface area contributed by atoms with Crippen LogP contribution in [0.1, 0.15) is 18.4 Å². The summed E-state index contributed by atoms with van der Waals surface area (Å²) in [5.41, 5.74) is -4.14. The van der Waals surface area contributed by atoms with Crippen LogP contribution in [-0.2, 0) is 23.5 Å². The lowest BCUT2D eigenvalue weighted by molar-refractivity contribution is -0.0496. The smallest absolute Gasteiger partial charge is 0.356 e. The van der Waals surface area contributed by atoms with Crippen molar-refractivity contribution in [1.29, 1.82) is 0 Å². The monoisotopic (exact) mass is 538 g/mol. The second-order valence-corrected chi connectivity index (χ2v) is 8.37. The zero-order chi connectivity index (χ0) is 20.1. The van der Waals surface area contributed by atoms with Gasteiger partial charge in [0.05, 0.1) is 6.20 Å². The Hall–Kier alpha value is -1.09. The quantitative estimate of drug-likeness (QED) is 0.324. The number of aryl methyl sites for hydroxylation is 1. The number of sulfonamides is 1. The molecule has 0 aliphatic carbocycles. The largest absolute Gasteiger partial charge is 0.511 e. The highest BCUT2D eigenvalue weighted by Crippen LogP contribution is 2.30. The number of halogens is 4. The Kier molecular flexibility index (Phi) is 9.46. The van der Waals surface area contributed by atoms with Gasteiger partial charge in [0, 0.05) is 46.5 Å². The predicted octanol–water partition coefficient (Wildman–Crippen LogP) is 1.31. The van der Waals surface area contributed by atoms with E-state index in [1.54, 1.807) is 17.9 Å². The molecule has 0 aromatic carbocycles. The maximum Gasteiger partial charge on any atom is 0.511 e. The first kappa shape index (κ1) is 24.9. The molecule has 0 saturated carbocycles. The number of hydrogen-bond acceptors (Lipinski definition) is 4. The molecular formula is C15H26F3IN6O2S. The van der Waals surface area contributed by atoms with Crippen LogP contribution in [0.5, 0.6) is 0 Å². The lowest BCUT2D eigenvalue weighted by atomic mass is 9.98. The second kappa shape index (κ2) is 10.6. The van der Waals surface area contributed by atoms with Gasteiger partial charge in [-0.15, -0.1) is 24.0 Å². The molecule has 0 unspecified atom stereocenters. The fraction of sp³-hybridized carbons (Fsp3) is 0.733. The number of hydrogen-bond donors (Lipinski definition) is 2. The fourth-order valence-electron chi connectivity index (χ4n) is 2.89. The molecule has 0 atom stereocenters. The summed E-state index contributed by atoms with van der Waals surface area (Å²) >= 11 is 0. The van der Waals surface area contributed by atoms with E-state index in [9.17, 15) is 21.6 Å². The van der Waals surface area contributed by atoms with Gasteiger partial charge in [0.2, 0.25) is 0 Å². The van der Waals surface area contributed by atoms with Crippen molar-refractivity contribution in [3.05, 3.63) is 18.0 Å². The first-order chi connectivity index (χ1) is 12.6. The van der Waals surface area contributed by atoms with E-state index in [2.05, 4.69) is 20.7 Å². The van der Waals surface area contributed by atoms with Crippen LogP contribution in [0, 0.1) is 5.92 Å². The molecule has 1 fully saturated rings. The maximum atomic E-state index is 12.6. The molecule has 2 N–H and O–H groups in total. The fourth-order valence-corrected chi connectivity index (χ4v) is 3.87. The molecule has 162 valence electrons. The van der Waals surface area contributed by atoms with E-state index < -0.39 is 15.5 Å². The number of guanidine groups is 1. The van der Waals surface area contributed by atoms with Crippen molar-refractivity contribution in [2.75, 3.05) is 33.2 Å². The van der Waals surface area contributed by atoms with Crippen molar-refractivity contribution in [3.63, 3.8) is 0 Å². The molecule has 2 heterocycles. The summed E-state index contributed by atoms with van der Waals surface area (Å²) in [6.07, 6.45) is 5.24. The molecule has 8 nitrogen and oxygen atoms in total. The average Bonchev–Trinajstić information content (AvgIpc) is 3.02. The van der Waals surface area contributed by atoms with Gasteiger partial charge in [-0.25, -0.2) is 8.42 Å². The summed E-state index contributed by atoms with van der Waals surface area (Å²) in [6, 6.07) is 0. The Morgan fingerprint density at radius 2 is 1.96 bits per heavy atom. The highest BCUT2D eigenvalue weighted by Gasteiger charge is 2.50. The average molecular weight is 538 g/mol. The Bertz CT molecular complexity index is 745. The van der Waals surface area contributed by atoms with Gasteiger partial charge in [0.1, 0.15) is 0 Å². The predicted molar refractivity (Wildman–Crippen MR) is 111 cm³/mol. The Balaban J connectivity index is 0.00000392. The van der Waals surface area contributed by atoms with E-state index >= 15 is 0 Å². The summed E-state index contributed by atoms with van der Waals surface area (Å²) in [4.78, 5) is 4.11. The Morgan fingerprint density at radius 3 is 2.46 bits per heavy atom. The molecule has 13 heteroatoms. The topological polar surface area (TPSA) is 91.6 Å².